The fraction of sp³-hybridized carbons (Fsp3) is 0.200. The molecule has 144 valence electrons. The third kappa shape index (κ3) is 4.40. The van der Waals surface area contributed by atoms with Crippen LogP contribution in [0.1, 0.15) is 23.0 Å². The van der Waals surface area contributed by atoms with E-state index in [1.165, 1.54) is 18.7 Å². The predicted octanol–water partition coefficient (Wildman–Crippen LogP) is 3.97. The minimum Gasteiger partial charge on any atom is -0.469 e. The van der Waals surface area contributed by atoms with Gasteiger partial charge in [-0.25, -0.2) is 0 Å². The highest BCUT2D eigenvalue weighted by molar-refractivity contribution is 7.99. The Morgan fingerprint density at radius 2 is 2.00 bits per heavy atom. The van der Waals surface area contributed by atoms with E-state index in [2.05, 4.69) is 22.1 Å². The van der Waals surface area contributed by atoms with Crippen LogP contribution in [0.2, 0.25) is 0 Å². The average molecular weight is 396 g/mol. The number of anilines is 1. The standard InChI is InChI=1S/C20H20N4O3S/c1-4-10-24-19(17-9-11-27-14(17)3)22-23-20(24)28-12-18(26)21-16-7-5-15(6-8-16)13(2)25/h4-9,11H,1,10,12H2,2-3H3,(H,21,26). The van der Waals surface area contributed by atoms with Crippen molar-refractivity contribution in [2.45, 2.75) is 25.5 Å². The van der Waals surface area contributed by atoms with Gasteiger partial charge in [-0.1, -0.05) is 17.8 Å². The van der Waals surface area contributed by atoms with Crippen molar-refractivity contribution in [3.8, 4) is 11.4 Å². The number of thioether (sulfide) groups is 1. The van der Waals surface area contributed by atoms with Gasteiger partial charge in [-0.3, -0.25) is 14.2 Å². The summed E-state index contributed by atoms with van der Waals surface area (Å²) in [6.07, 6.45) is 3.36. The molecule has 0 unspecified atom stereocenters. The number of nitrogens with zero attached hydrogens (tertiary/aromatic N) is 3. The third-order valence-corrected chi connectivity index (χ3v) is 5.00. The first-order valence-corrected chi connectivity index (χ1v) is 9.60. The van der Waals surface area contributed by atoms with Crippen LogP contribution in [-0.2, 0) is 11.3 Å². The second-order valence-corrected chi connectivity index (χ2v) is 7.01. The molecule has 1 aromatic carbocycles. The lowest BCUT2D eigenvalue weighted by Crippen LogP contribution is -2.14. The van der Waals surface area contributed by atoms with Gasteiger partial charge in [-0.05, 0) is 44.2 Å². The fourth-order valence-corrected chi connectivity index (χ4v) is 3.37. The summed E-state index contributed by atoms with van der Waals surface area (Å²) in [5.41, 5.74) is 2.10. The SMILES string of the molecule is C=CCn1c(SCC(=O)Nc2ccc(C(C)=O)cc2)nnc1-c1ccoc1C. The normalized spacial score (nSPS) is 10.6. The summed E-state index contributed by atoms with van der Waals surface area (Å²) in [6.45, 7) is 7.66. The molecule has 7 nitrogen and oxygen atoms in total. The fourth-order valence-electron chi connectivity index (χ4n) is 2.62. The molecule has 1 N–H and O–H groups in total. The average Bonchev–Trinajstić information content (AvgIpc) is 3.26. The maximum Gasteiger partial charge on any atom is 0.234 e. The van der Waals surface area contributed by atoms with E-state index in [1.807, 2.05) is 17.6 Å². The molecule has 0 aliphatic carbocycles. The van der Waals surface area contributed by atoms with E-state index in [-0.39, 0.29) is 17.4 Å². The van der Waals surface area contributed by atoms with Crippen molar-refractivity contribution >= 4 is 29.1 Å². The topological polar surface area (TPSA) is 90.0 Å². The number of carbonyl (C=O) groups excluding carboxylic acids is 2. The second-order valence-electron chi connectivity index (χ2n) is 6.07. The van der Waals surface area contributed by atoms with Gasteiger partial charge in [0, 0.05) is 17.8 Å². The first kappa shape index (κ1) is 19.6. The van der Waals surface area contributed by atoms with Gasteiger partial charge in [0.05, 0.1) is 17.6 Å². The second kappa shape index (κ2) is 8.71. The van der Waals surface area contributed by atoms with E-state index in [0.717, 1.165) is 11.3 Å². The molecular weight excluding hydrogens is 376 g/mol. The zero-order valence-electron chi connectivity index (χ0n) is 15.6. The number of aryl methyl sites for hydroxylation is 1. The van der Waals surface area contributed by atoms with Crippen LogP contribution in [0.15, 0.2) is 58.8 Å². The van der Waals surface area contributed by atoms with Crippen LogP contribution < -0.4 is 5.32 Å². The van der Waals surface area contributed by atoms with Gasteiger partial charge in [-0.2, -0.15) is 0 Å². The molecule has 3 aromatic rings. The highest BCUT2D eigenvalue weighted by atomic mass is 32.2. The van der Waals surface area contributed by atoms with E-state index in [0.29, 0.717) is 28.8 Å². The van der Waals surface area contributed by atoms with Gasteiger partial charge in [0.25, 0.3) is 0 Å². The summed E-state index contributed by atoms with van der Waals surface area (Å²) in [7, 11) is 0. The summed E-state index contributed by atoms with van der Waals surface area (Å²) in [6, 6.07) is 8.63. The van der Waals surface area contributed by atoms with Gasteiger partial charge in [0.2, 0.25) is 5.91 Å². The number of allylic oxidation sites excluding steroid dienone is 1. The van der Waals surface area contributed by atoms with Gasteiger partial charge >= 0.3 is 0 Å². The van der Waals surface area contributed by atoms with Crippen molar-refractivity contribution in [2.75, 3.05) is 11.1 Å². The number of amides is 1. The molecule has 0 spiro atoms. The zero-order chi connectivity index (χ0) is 20.1. The Balaban J connectivity index is 1.67. The largest absolute Gasteiger partial charge is 0.469 e. The molecule has 1 amide bonds. The van der Waals surface area contributed by atoms with Crippen molar-refractivity contribution in [1.82, 2.24) is 14.8 Å². The van der Waals surface area contributed by atoms with E-state index in [9.17, 15) is 9.59 Å². The number of aromatic nitrogens is 3. The van der Waals surface area contributed by atoms with Crippen LogP contribution in [0.3, 0.4) is 0 Å². The van der Waals surface area contributed by atoms with Crippen LogP contribution in [0.4, 0.5) is 5.69 Å². The number of ketones is 1. The minimum atomic E-state index is -0.172. The smallest absolute Gasteiger partial charge is 0.234 e. The van der Waals surface area contributed by atoms with Crippen molar-refractivity contribution in [1.29, 1.82) is 0 Å². The molecule has 3 rings (SSSR count). The van der Waals surface area contributed by atoms with E-state index in [4.69, 9.17) is 4.42 Å². The summed E-state index contributed by atoms with van der Waals surface area (Å²) in [5.74, 6) is 1.41. The first-order chi connectivity index (χ1) is 13.5. The third-order valence-electron chi connectivity index (χ3n) is 4.04. The Morgan fingerprint density at radius 1 is 1.25 bits per heavy atom. The minimum absolute atomic E-state index is 0.0151. The van der Waals surface area contributed by atoms with Gasteiger partial charge in [0.15, 0.2) is 16.8 Å². The molecular formula is C20H20N4O3S. The Bertz CT molecular complexity index is 1000. The molecule has 0 bridgehead atoms. The lowest BCUT2D eigenvalue weighted by molar-refractivity contribution is -0.113. The molecule has 0 saturated heterocycles. The number of carbonyl (C=O) groups is 2. The Morgan fingerprint density at radius 3 is 2.61 bits per heavy atom. The predicted molar refractivity (Wildman–Crippen MR) is 108 cm³/mol. The van der Waals surface area contributed by atoms with E-state index in [1.54, 1.807) is 36.6 Å². The maximum absolute atomic E-state index is 12.3. The van der Waals surface area contributed by atoms with E-state index < -0.39 is 0 Å². The Kier molecular flexibility index (Phi) is 6.10. The van der Waals surface area contributed by atoms with Crippen LogP contribution in [0, 0.1) is 6.92 Å². The van der Waals surface area contributed by atoms with Gasteiger partial charge in [0.1, 0.15) is 5.76 Å². The Labute approximate surface area is 166 Å². The number of rotatable bonds is 8. The number of furan rings is 1. The highest BCUT2D eigenvalue weighted by Gasteiger charge is 2.17. The monoisotopic (exact) mass is 396 g/mol. The highest BCUT2D eigenvalue weighted by Crippen LogP contribution is 2.27. The number of benzene rings is 1. The number of hydrogen-bond acceptors (Lipinski definition) is 6. The van der Waals surface area contributed by atoms with E-state index >= 15 is 0 Å². The van der Waals surface area contributed by atoms with Crippen LogP contribution in [0.5, 0.6) is 0 Å². The maximum atomic E-state index is 12.3. The van der Waals surface area contributed by atoms with Gasteiger partial charge in [-0.15, -0.1) is 16.8 Å². The van der Waals surface area contributed by atoms with Crippen molar-refractivity contribution < 1.29 is 14.0 Å². The summed E-state index contributed by atoms with van der Waals surface area (Å²) in [5, 5.41) is 11.9. The first-order valence-electron chi connectivity index (χ1n) is 8.61. The summed E-state index contributed by atoms with van der Waals surface area (Å²) in [4.78, 5) is 23.6. The lowest BCUT2D eigenvalue weighted by Gasteiger charge is -2.08. The van der Waals surface area contributed by atoms with Gasteiger partial charge < -0.3 is 9.73 Å². The number of Topliss-reactive ketones (excluding diaryl/α,β-unsaturated/α-hetero) is 1. The summed E-state index contributed by atoms with van der Waals surface area (Å²) >= 11 is 1.29. The molecule has 8 heteroatoms. The van der Waals surface area contributed by atoms with Crippen molar-refractivity contribution in [3.05, 3.63) is 60.6 Å². The molecule has 0 aliphatic rings. The summed E-state index contributed by atoms with van der Waals surface area (Å²) < 4.78 is 7.24. The van der Waals surface area contributed by atoms with Crippen LogP contribution in [-0.4, -0.2) is 32.2 Å². The van der Waals surface area contributed by atoms with Crippen LogP contribution >= 0.6 is 11.8 Å². The van der Waals surface area contributed by atoms with Crippen LogP contribution in [0.25, 0.3) is 11.4 Å². The molecule has 0 saturated carbocycles. The quantitative estimate of drug-likeness (QED) is 0.352. The molecule has 2 aromatic heterocycles. The zero-order valence-corrected chi connectivity index (χ0v) is 16.5. The molecule has 0 radical (unpaired) electrons. The lowest BCUT2D eigenvalue weighted by atomic mass is 10.1. The molecule has 0 atom stereocenters. The molecule has 28 heavy (non-hydrogen) atoms. The van der Waals surface area contributed by atoms with Crippen molar-refractivity contribution in [2.24, 2.45) is 0 Å². The van der Waals surface area contributed by atoms with Crippen molar-refractivity contribution in [3.63, 3.8) is 0 Å². The molecule has 0 aliphatic heterocycles. The molecule has 0 fully saturated rings. The molecule has 2 heterocycles. The Hall–Kier alpha value is -3.13. The number of nitrogens with one attached hydrogen (secondary N) is 1. The number of hydrogen-bond donors (Lipinski definition) is 1.